The minimum Gasteiger partial charge on any atom is -0.465 e. The first-order valence-electron chi connectivity index (χ1n) is 29.6. The molecule has 3 N–H and O–H groups in total. The van der Waals surface area contributed by atoms with Crippen LogP contribution >= 0.6 is 0 Å². The molecule has 0 aromatic heterocycles. The van der Waals surface area contributed by atoms with Crippen molar-refractivity contribution in [2.24, 2.45) is 0 Å². The van der Waals surface area contributed by atoms with E-state index in [9.17, 15) is 19.8 Å². The van der Waals surface area contributed by atoms with Gasteiger partial charge in [0.25, 0.3) is 0 Å². The van der Waals surface area contributed by atoms with Crippen LogP contribution in [0.15, 0.2) is 24.3 Å². The predicted octanol–water partition coefficient (Wildman–Crippen LogP) is 18.2. The van der Waals surface area contributed by atoms with Crippen molar-refractivity contribution in [3.63, 3.8) is 0 Å². The smallest absolute Gasteiger partial charge is 0.305 e. The van der Waals surface area contributed by atoms with E-state index in [-0.39, 0.29) is 18.5 Å². The standard InChI is InChI=1S/C60H115NO5/c1-3-5-7-9-11-13-15-17-25-30-34-38-42-46-50-54-60(65)66-55-51-47-43-39-35-31-27-24-22-20-18-19-21-23-26-29-33-37-41-45-49-53-59(64)61-57(56-62)58(63)52-48-44-40-36-32-28-16-14-12-10-8-6-4-2/h31,35,43,47,57-58,62-63H,3-30,32-34,36-42,44-46,48-56H2,1-2H3,(H,61,64)/b35-31-,47-43-. The Morgan fingerprint density at radius 2 is 0.758 bits per heavy atom. The largest absolute Gasteiger partial charge is 0.465 e. The van der Waals surface area contributed by atoms with Crippen molar-refractivity contribution in [3.05, 3.63) is 24.3 Å². The number of ether oxygens (including phenoxy) is 1. The van der Waals surface area contributed by atoms with Gasteiger partial charge in [-0.3, -0.25) is 9.59 Å². The number of esters is 1. The highest BCUT2D eigenvalue weighted by Crippen LogP contribution is 2.17. The van der Waals surface area contributed by atoms with E-state index < -0.39 is 12.1 Å². The normalized spacial score (nSPS) is 12.7. The van der Waals surface area contributed by atoms with Crippen molar-refractivity contribution in [2.45, 2.75) is 334 Å². The van der Waals surface area contributed by atoms with Crippen LogP contribution in [0.2, 0.25) is 0 Å². The van der Waals surface area contributed by atoms with Crippen molar-refractivity contribution in [3.8, 4) is 0 Å². The summed E-state index contributed by atoms with van der Waals surface area (Å²) in [4.78, 5) is 24.5. The highest BCUT2D eigenvalue weighted by atomic mass is 16.5. The van der Waals surface area contributed by atoms with E-state index in [1.165, 1.54) is 238 Å². The topological polar surface area (TPSA) is 95.9 Å². The minimum absolute atomic E-state index is 0.0321. The molecule has 0 spiro atoms. The summed E-state index contributed by atoms with van der Waals surface area (Å²) in [5, 5.41) is 23.2. The number of nitrogens with one attached hydrogen (secondary N) is 1. The lowest BCUT2D eigenvalue weighted by Crippen LogP contribution is -2.45. The van der Waals surface area contributed by atoms with Gasteiger partial charge in [0, 0.05) is 12.8 Å². The molecule has 0 aliphatic heterocycles. The summed E-state index contributed by atoms with van der Waals surface area (Å²) < 4.78 is 5.42. The molecule has 0 radical (unpaired) electrons. The predicted molar refractivity (Wildman–Crippen MR) is 287 cm³/mol. The molecule has 0 heterocycles. The van der Waals surface area contributed by atoms with Crippen LogP contribution in [0.3, 0.4) is 0 Å². The minimum atomic E-state index is -0.666. The number of aliphatic hydroxyl groups excluding tert-OH is 2. The summed E-state index contributed by atoms with van der Waals surface area (Å²) in [5.41, 5.74) is 0. The van der Waals surface area contributed by atoms with E-state index >= 15 is 0 Å². The summed E-state index contributed by atoms with van der Waals surface area (Å²) in [6.07, 6.45) is 67.6. The Balaban J connectivity index is 3.43. The van der Waals surface area contributed by atoms with Crippen molar-refractivity contribution >= 4 is 11.9 Å². The maximum absolute atomic E-state index is 12.5. The van der Waals surface area contributed by atoms with Gasteiger partial charge in [-0.05, 0) is 44.9 Å². The Labute approximate surface area is 411 Å². The van der Waals surface area contributed by atoms with Crippen LogP contribution in [0, 0.1) is 0 Å². The van der Waals surface area contributed by atoms with Gasteiger partial charge in [-0.15, -0.1) is 0 Å². The molecule has 2 unspecified atom stereocenters. The van der Waals surface area contributed by atoms with Crippen LogP contribution in [-0.2, 0) is 14.3 Å². The van der Waals surface area contributed by atoms with Crippen LogP contribution in [0.1, 0.15) is 322 Å². The maximum atomic E-state index is 12.5. The number of unbranched alkanes of at least 4 members (excludes halogenated alkanes) is 40. The molecule has 0 aliphatic carbocycles. The van der Waals surface area contributed by atoms with Gasteiger partial charge >= 0.3 is 5.97 Å². The first-order valence-corrected chi connectivity index (χ1v) is 29.6. The van der Waals surface area contributed by atoms with E-state index in [4.69, 9.17) is 4.74 Å². The number of carbonyl (C=O) groups is 2. The Morgan fingerprint density at radius 3 is 1.15 bits per heavy atom. The zero-order valence-corrected chi connectivity index (χ0v) is 44.4. The van der Waals surface area contributed by atoms with Gasteiger partial charge in [0.05, 0.1) is 25.4 Å². The van der Waals surface area contributed by atoms with Crippen LogP contribution in [0.5, 0.6) is 0 Å². The number of allylic oxidation sites excluding steroid dienone is 3. The Bertz CT molecular complexity index is 1030. The molecular formula is C60H115NO5. The second-order valence-corrected chi connectivity index (χ2v) is 20.3. The fraction of sp³-hybridized carbons (Fsp3) is 0.900. The van der Waals surface area contributed by atoms with Crippen LogP contribution in [0.25, 0.3) is 0 Å². The molecule has 0 rings (SSSR count). The third-order valence-electron chi connectivity index (χ3n) is 13.8. The summed E-state index contributed by atoms with van der Waals surface area (Å²) >= 11 is 0. The average molecular weight is 931 g/mol. The molecule has 0 aromatic rings. The molecule has 1 amide bonds. The van der Waals surface area contributed by atoms with Gasteiger partial charge in [0.2, 0.25) is 5.91 Å². The van der Waals surface area contributed by atoms with E-state index in [0.717, 1.165) is 51.4 Å². The molecule has 0 bridgehead atoms. The fourth-order valence-electron chi connectivity index (χ4n) is 9.24. The molecule has 0 saturated carbocycles. The number of rotatable bonds is 55. The van der Waals surface area contributed by atoms with Crippen LogP contribution in [-0.4, -0.2) is 47.4 Å². The molecule has 6 heteroatoms. The van der Waals surface area contributed by atoms with Gasteiger partial charge < -0.3 is 20.3 Å². The third-order valence-corrected chi connectivity index (χ3v) is 13.8. The fourth-order valence-corrected chi connectivity index (χ4v) is 9.24. The lowest BCUT2D eigenvalue weighted by atomic mass is 10.0. The summed E-state index contributed by atoms with van der Waals surface area (Å²) in [6.45, 7) is 4.86. The van der Waals surface area contributed by atoms with Gasteiger partial charge in [0.1, 0.15) is 0 Å². The first kappa shape index (κ1) is 64.3. The van der Waals surface area contributed by atoms with Gasteiger partial charge in [-0.2, -0.15) is 0 Å². The van der Waals surface area contributed by atoms with Crippen LogP contribution in [0.4, 0.5) is 0 Å². The second-order valence-electron chi connectivity index (χ2n) is 20.3. The van der Waals surface area contributed by atoms with E-state index in [0.29, 0.717) is 25.9 Å². The summed E-state index contributed by atoms with van der Waals surface area (Å²) in [5.74, 6) is -0.0710. The quantitative estimate of drug-likeness (QED) is 0.0321. The first-order chi connectivity index (χ1) is 32.5. The molecule has 0 saturated heterocycles. The van der Waals surface area contributed by atoms with E-state index in [1.807, 2.05) is 0 Å². The molecule has 390 valence electrons. The number of carbonyl (C=O) groups excluding carboxylic acids is 2. The van der Waals surface area contributed by atoms with Crippen molar-refractivity contribution in [1.82, 2.24) is 5.32 Å². The van der Waals surface area contributed by atoms with Crippen molar-refractivity contribution in [2.75, 3.05) is 13.2 Å². The number of amides is 1. The van der Waals surface area contributed by atoms with E-state index in [2.05, 4.69) is 43.5 Å². The highest BCUT2D eigenvalue weighted by Gasteiger charge is 2.20. The lowest BCUT2D eigenvalue weighted by molar-refractivity contribution is -0.143. The molecule has 0 aromatic carbocycles. The highest BCUT2D eigenvalue weighted by molar-refractivity contribution is 5.76. The average Bonchev–Trinajstić information content (AvgIpc) is 3.32. The Kier molecular flexibility index (Phi) is 54.5. The Morgan fingerprint density at radius 1 is 0.424 bits per heavy atom. The van der Waals surface area contributed by atoms with Crippen LogP contribution < -0.4 is 5.32 Å². The molecule has 6 nitrogen and oxygen atoms in total. The maximum Gasteiger partial charge on any atom is 0.305 e. The monoisotopic (exact) mass is 930 g/mol. The number of hydrogen-bond acceptors (Lipinski definition) is 5. The molecule has 0 aliphatic rings. The van der Waals surface area contributed by atoms with Gasteiger partial charge in [0.15, 0.2) is 0 Å². The molecular weight excluding hydrogens is 815 g/mol. The van der Waals surface area contributed by atoms with Gasteiger partial charge in [-0.1, -0.05) is 289 Å². The molecule has 66 heavy (non-hydrogen) atoms. The third kappa shape index (κ3) is 51.7. The van der Waals surface area contributed by atoms with Crippen molar-refractivity contribution < 1.29 is 24.5 Å². The molecule has 0 fully saturated rings. The van der Waals surface area contributed by atoms with E-state index in [1.54, 1.807) is 0 Å². The van der Waals surface area contributed by atoms with Crippen molar-refractivity contribution in [1.29, 1.82) is 0 Å². The summed E-state index contributed by atoms with van der Waals surface area (Å²) in [7, 11) is 0. The molecule has 2 atom stereocenters. The Hall–Kier alpha value is -1.66. The number of aliphatic hydroxyl groups is 2. The lowest BCUT2D eigenvalue weighted by Gasteiger charge is -2.22. The zero-order chi connectivity index (χ0) is 47.9. The SMILES string of the molecule is CCCCCCCCCCCCCCCCCC(=O)OCC/C=C\C/C=C\CCCCCCCCCCCCCCCCC(=O)NC(CO)C(O)CCCCCCCCCCCCCCC. The number of hydrogen-bond donors (Lipinski definition) is 3. The second kappa shape index (κ2) is 55.9. The van der Waals surface area contributed by atoms with Gasteiger partial charge in [-0.25, -0.2) is 0 Å². The summed E-state index contributed by atoms with van der Waals surface area (Å²) in [6, 6.07) is -0.544. The zero-order valence-electron chi connectivity index (χ0n) is 44.4.